The number of benzene rings is 1. The van der Waals surface area contributed by atoms with E-state index in [0.29, 0.717) is 18.3 Å². The van der Waals surface area contributed by atoms with Crippen LogP contribution in [0.1, 0.15) is 24.0 Å². The molecule has 16 heavy (non-hydrogen) atoms. The Bertz CT molecular complexity index is 401. The van der Waals surface area contributed by atoms with E-state index in [2.05, 4.69) is 5.32 Å². The molecule has 2 nitrogen and oxygen atoms in total. The Labute approximate surface area is 94.8 Å². The molecule has 2 aliphatic rings. The lowest BCUT2D eigenvalue weighted by Gasteiger charge is -2.19. The zero-order valence-electron chi connectivity index (χ0n) is 9.26. The number of hydrogen-bond acceptors (Lipinski definition) is 2. The van der Waals surface area contributed by atoms with E-state index in [1.165, 1.54) is 12.8 Å². The first-order chi connectivity index (χ1) is 7.84. The van der Waals surface area contributed by atoms with Crippen LogP contribution in [0, 0.1) is 11.7 Å². The van der Waals surface area contributed by atoms with E-state index in [4.69, 9.17) is 4.74 Å². The predicted octanol–water partition coefficient (Wildman–Crippen LogP) is 2.26. The average molecular weight is 221 g/mol. The van der Waals surface area contributed by atoms with Gasteiger partial charge in [-0.15, -0.1) is 0 Å². The highest BCUT2D eigenvalue weighted by Gasteiger charge is 2.23. The molecule has 0 unspecified atom stereocenters. The van der Waals surface area contributed by atoms with Crippen LogP contribution < -0.4 is 10.1 Å². The molecule has 1 fully saturated rings. The van der Waals surface area contributed by atoms with E-state index < -0.39 is 0 Å². The van der Waals surface area contributed by atoms with Gasteiger partial charge in [-0.3, -0.25) is 0 Å². The molecule has 0 amide bonds. The van der Waals surface area contributed by atoms with Gasteiger partial charge in [-0.2, -0.15) is 0 Å². The molecule has 1 N–H and O–H groups in total. The molecule has 86 valence electrons. The SMILES string of the molecule is Fc1c(OCC2CC2)ccc2c1CCNC2. The summed E-state index contributed by atoms with van der Waals surface area (Å²) in [5, 5.41) is 3.24. The van der Waals surface area contributed by atoms with Gasteiger partial charge in [0.05, 0.1) is 6.61 Å². The van der Waals surface area contributed by atoms with Crippen molar-refractivity contribution in [2.45, 2.75) is 25.8 Å². The first-order valence-electron chi connectivity index (χ1n) is 5.98. The predicted molar refractivity (Wildman–Crippen MR) is 60.0 cm³/mol. The molecule has 1 saturated carbocycles. The summed E-state index contributed by atoms with van der Waals surface area (Å²) in [7, 11) is 0. The van der Waals surface area contributed by atoms with Crippen LogP contribution in [-0.4, -0.2) is 13.2 Å². The molecule has 1 heterocycles. The smallest absolute Gasteiger partial charge is 0.168 e. The van der Waals surface area contributed by atoms with Gasteiger partial charge < -0.3 is 10.1 Å². The molecule has 0 spiro atoms. The maximum absolute atomic E-state index is 14.1. The van der Waals surface area contributed by atoms with Crippen molar-refractivity contribution in [3.63, 3.8) is 0 Å². The third kappa shape index (κ3) is 1.92. The third-order valence-electron chi connectivity index (χ3n) is 3.34. The number of hydrogen-bond donors (Lipinski definition) is 1. The average Bonchev–Trinajstić information content (AvgIpc) is 3.13. The van der Waals surface area contributed by atoms with Gasteiger partial charge in [0.25, 0.3) is 0 Å². The fourth-order valence-electron chi connectivity index (χ4n) is 2.12. The monoisotopic (exact) mass is 221 g/mol. The first-order valence-corrected chi connectivity index (χ1v) is 5.98. The fraction of sp³-hybridized carbons (Fsp3) is 0.538. The standard InChI is InChI=1S/C13H16FNO/c14-13-11-5-6-15-7-10(11)3-4-12(13)16-8-9-1-2-9/h3-4,9,15H,1-2,5-8H2. The lowest BCUT2D eigenvalue weighted by atomic mass is 10.00. The Morgan fingerprint density at radius 2 is 2.25 bits per heavy atom. The van der Waals surface area contributed by atoms with Crippen molar-refractivity contribution in [2.75, 3.05) is 13.2 Å². The van der Waals surface area contributed by atoms with Crippen molar-refractivity contribution in [1.82, 2.24) is 5.32 Å². The number of nitrogens with one attached hydrogen (secondary N) is 1. The second-order valence-electron chi connectivity index (χ2n) is 4.70. The number of rotatable bonds is 3. The van der Waals surface area contributed by atoms with Crippen LogP contribution in [0.3, 0.4) is 0 Å². The highest BCUT2D eigenvalue weighted by atomic mass is 19.1. The zero-order valence-corrected chi connectivity index (χ0v) is 9.26. The van der Waals surface area contributed by atoms with Gasteiger partial charge in [0.1, 0.15) is 0 Å². The lowest BCUT2D eigenvalue weighted by Crippen LogP contribution is -2.24. The normalized spacial score (nSPS) is 19.3. The van der Waals surface area contributed by atoms with Crippen LogP contribution >= 0.6 is 0 Å². The quantitative estimate of drug-likeness (QED) is 0.845. The summed E-state index contributed by atoms with van der Waals surface area (Å²) in [5.74, 6) is 0.962. The van der Waals surface area contributed by atoms with Crippen molar-refractivity contribution < 1.29 is 9.13 Å². The Balaban J connectivity index is 1.81. The Kier molecular flexibility index (Phi) is 2.56. The lowest BCUT2D eigenvalue weighted by molar-refractivity contribution is 0.283. The summed E-state index contributed by atoms with van der Waals surface area (Å²) in [5.41, 5.74) is 1.91. The van der Waals surface area contributed by atoms with Gasteiger partial charge in [0.2, 0.25) is 0 Å². The molecular weight excluding hydrogens is 205 g/mol. The Hall–Kier alpha value is -1.09. The van der Waals surface area contributed by atoms with Crippen LogP contribution in [0.15, 0.2) is 12.1 Å². The van der Waals surface area contributed by atoms with Gasteiger partial charge in [0.15, 0.2) is 11.6 Å². The van der Waals surface area contributed by atoms with E-state index in [1.807, 2.05) is 6.07 Å². The minimum Gasteiger partial charge on any atom is -0.490 e. The molecule has 1 aliphatic heterocycles. The van der Waals surface area contributed by atoms with Crippen molar-refractivity contribution in [1.29, 1.82) is 0 Å². The van der Waals surface area contributed by atoms with Crippen LogP contribution in [0.2, 0.25) is 0 Å². The number of halogens is 1. The van der Waals surface area contributed by atoms with E-state index in [1.54, 1.807) is 6.07 Å². The second-order valence-corrected chi connectivity index (χ2v) is 4.70. The minimum atomic E-state index is -0.139. The maximum atomic E-state index is 14.1. The molecule has 0 aromatic heterocycles. The van der Waals surface area contributed by atoms with E-state index in [-0.39, 0.29) is 5.82 Å². The summed E-state index contributed by atoms with van der Waals surface area (Å²) in [6.07, 6.45) is 3.23. The van der Waals surface area contributed by atoms with Crippen LogP contribution in [0.5, 0.6) is 5.75 Å². The molecule has 1 aliphatic carbocycles. The Morgan fingerprint density at radius 3 is 3.06 bits per heavy atom. The summed E-state index contributed by atoms with van der Waals surface area (Å²) < 4.78 is 19.6. The van der Waals surface area contributed by atoms with Gasteiger partial charge >= 0.3 is 0 Å². The second kappa shape index (κ2) is 4.06. The molecule has 0 saturated heterocycles. The molecule has 0 atom stereocenters. The van der Waals surface area contributed by atoms with Gasteiger partial charge in [-0.05, 0) is 48.9 Å². The summed E-state index contributed by atoms with van der Waals surface area (Å²) in [6.45, 7) is 2.30. The van der Waals surface area contributed by atoms with Crippen molar-refractivity contribution in [2.24, 2.45) is 5.92 Å². The molecule has 1 aromatic rings. The third-order valence-corrected chi connectivity index (χ3v) is 3.34. The van der Waals surface area contributed by atoms with Crippen LogP contribution in [0.4, 0.5) is 4.39 Å². The number of fused-ring (bicyclic) bond motifs is 1. The van der Waals surface area contributed by atoms with Crippen molar-refractivity contribution in [3.8, 4) is 5.75 Å². The number of ether oxygens (including phenoxy) is 1. The van der Waals surface area contributed by atoms with Crippen LogP contribution in [-0.2, 0) is 13.0 Å². The topological polar surface area (TPSA) is 21.3 Å². The minimum absolute atomic E-state index is 0.139. The van der Waals surface area contributed by atoms with E-state index in [0.717, 1.165) is 30.6 Å². The fourth-order valence-corrected chi connectivity index (χ4v) is 2.12. The highest BCUT2D eigenvalue weighted by Crippen LogP contribution is 2.31. The molecule has 0 bridgehead atoms. The largest absolute Gasteiger partial charge is 0.490 e. The van der Waals surface area contributed by atoms with Gasteiger partial charge in [0, 0.05) is 6.54 Å². The van der Waals surface area contributed by atoms with E-state index >= 15 is 0 Å². The van der Waals surface area contributed by atoms with Crippen LogP contribution in [0.25, 0.3) is 0 Å². The van der Waals surface area contributed by atoms with E-state index in [9.17, 15) is 4.39 Å². The summed E-state index contributed by atoms with van der Waals surface area (Å²) in [6, 6.07) is 3.75. The zero-order chi connectivity index (χ0) is 11.0. The highest BCUT2D eigenvalue weighted by molar-refractivity contribution is 5.39. The van der Waals surface area contributed by atoms with Gasteiger partial charge in [-0.1, -0.05) is 6.07 Å². The molecule has 3 rings (SSSR count). The first kappa shape index (κ1) is 10.1. The Morgan fingerprint density at radius 1 is 1.38 bits per heavy atom. The molecule has 0 radical (unpaired) electrons. The molecule has 1 aromatic carbocycles. The summed E-state index contributed by atoms with van der Waals surface area (Å²) >= 11 is 0. The van der Waals surface area contributed by atoms with Gasteiger partial charge in [-0.25, -0.2) is 4.39 Å². The molecular formula is C13H16FNO. The molecule has 3 heteroatoms. The maximum Gasteiger partial charge on any atom is 0.168 e. The summed E-state index contributed by atoms with van der Waals surface area (Å²) in [4.78, 5) is 0. The van der Waals surface area contributed by atoms with Crippen molar-refractivity contribution in [3.05, 3.63) is 29.1 Å². The van der Waals surface area contributed by atoms with Crippen molar-refractivity contribution >= 4 is 0 Å².